The third-order valence-corrected chi connectivity index (χ3v) is 4.21. The van der Waals surface area contributed by atoms with Crippen LogP contribution in [0.4, 0.5) is 11.4 Å². The van der Waals surface area contributed by atoms with E-state index >= 15 is 0 Å². The molecule has 1 N–H and O–H groups in total. The number of nitrogens with one attached hydrogen (secondary N) is 1. The van der Waals surface area contributed by atoms with Crippen LogP contribution < -0.4 is 15.0 Å². The van der Waals surface area contributed by atoms with Gasteiger partial charge in [0.2, 0.25) is 5.91 Å². The summed E-state index contributed by atoms with van der Waals surface area (Å²) in [5.74, 6) is 0.797. The second kappa shape index (κ2) is 9.43. The molecule has 0 saturated heterocycles. The van der Waals surface area contributed by atoms with Crippen molar-refractivity contribution < 1.29 is 9.53 Å². The molecule has 0 saturated carbocycles. The SMILES string of the molecule is CCN(C(=O)CNc1cccc(OCc2ccccc2)c1)c1ccccc1. The Bertz CT molecular complexity index is 851. The van der Waals surface area contributed by atoms with Crippen molar-refractivity contribution in [1.82, 2.24) is 0 Å². The van der Waals surface area contributed by atoms with Gasteiger partial charge in [0.05, 0.1) is 6.54 Å². The van der Waals surface area contributed by atoms with E-state index in [4.69, 9.17) is 4.74 Å². The number of hydrogen-bond donors (Lipinski definition) is 1. The lowest BCUT2D eigenvalue weighted by molar-refractivity contribution is -0.116. The third kappa shape index (κ3) is 5.35. The third-order valence-electron chi connectivity index (χ3n) is 4.21. The zero-order chi connectivity index (χ0) is 18.9. The van der Waals surface area contributed by atoms with Gasteiger partial charge in [0.25, 0.3) is 0 Å². The van der Waals surface area contributed by atoms with Gasteiger partial charge in [-0.25, -0.2) is 0 Å². The van der Waals surface area contributed by atoms with Gasteiger partial charge >= 0.3 is 0 Å². The van der Waals surface area contributed by atoms with Gasteiger partial charge in [-0.1, -0.05) is 54.6 Å². The number of likely N-dealkylation sites (N-methyl/N-ethyl adjacent to an activating group) is 1. The summed E-state index contributed by atoms with van der Waals surface area (Å²) in [5, 5.41) is 3.20. The Kier molecular flexibility index (Phi) is 6.47. The Morgan fingerprint density at radius 2 is 1.63 bits per heavy atom. The molecule has 0 spiro atoms. The molecule has 1 amide bonds. The fourth-order valence-electron chi connectivity index (χ4n) is 2.82. The van der Waals surface area contributed by atoms with Crippen LogP contribution in [-0.2, 0) is 11.4 Å². The van der Waals surface area contributed by atoms with Crippen molar-refractivity contribution in [2.24, 2.45) is 0 Å². The first kappa shape index (κ1) is 18.5. The van der Waals surface area contributed by atoms with Crippen molar-refractivity contribution in [3.05, 3.63) is 90.5 Å². The second-order valence-electron chi connectivity index (χ2n) is 6.13. The minimum atomic E-state index is 0.0271. The van der Waals surface area contributed by atoms with E-state index in [1.54, 1.807) is 4.90 Å². The van der Waals surface area contributed by atoms with E-state index in [0.717, 1.165) is 22.7 Å². The first-order chi connectivity index (χ1) is 13.3. The van der Waals surface area contributed by atoms with Crippen LogP contribution in [0.1, 0.15) is 12.5 Å². The normalized spacial score (nSPS) is 10.3. The van der Waals surface area contributed by atoms with Gasteiger partial charge in [-0.2, -0.15) is 0 Å². The predicted octanol–water partition coefficient (Wildman–Crippen LogP) is 4.73. The summed E-state index contributed by atoms with van der Waals surface area (Å²) >= 11 is 0. The Morgan fingerprint density at radius 3 is 2.33 bits per heavy atom. The molecular formula is C23H24N2O2. The highest BCUT2D eigenvalue weighted by Crippen LogP contribution is 2.19. The number of amides is 1. The number of anilines is 2. The number of rotatable bonds is 8. The van der Waals surface area contributed by atoms with Gasteiger partial charge in [0.15, 0.2) is 0 Å². The largest absolute Gasteiger partial charge is 0.489 e. The maximum absolute atomic E-state index is 12.6. The number of benzene rings is 3. The van der Waals surface area contributed by atoms with Gasteiger partial charge in [0.1, 0.15) is 12.4 Å². The van der Waals surface area contributed by atoms with Crippen LogP contribution in [0.25, 0.3) is 0 Å². The Hall–Kier alpha value is -3.27. The summed E-state index contributed by atoms with van der Waals surface area (Å²) < 4.78 is 5.84. The minimum Gasteiger partial charge on any atom is -0.489 e. The predicted molar refractivity (Wildman–Crippen MR) is 110 cm³/mol. The summed E-state index contributed by atoms with van der Waals surface area (Å²) in [6.07, 6.45) is 0. The molecule has 0 heterocycles. The molecule has 27 heavy (non-hydrogen) atoms. The van der Waals surface area contributed by atoms with Gasteiger partial charge in [-0.05, 0) is 36.8 Å². The van der Waals surface area contributed by atoms with Gasteiger partial charge in [-0.15, -0.1) is 0 Å². The van der Waals surface area contributed by atoms with Crippen molar-refractivity contribution in [2.45, 2.75) is 13.5 Å². The number of nitrogens with zero attached hydrogens (tertiary/aromatic N) is 1. The second-order valence-corrected chi connectivity index (χ2v) is 6.13. The number of para-hydroxylation sites is 1. The van der Waals surface area contributed by atoms with E-state index in [9.17, 15) is 4.79 Å². The minimum absolute atomic E-state index is 0.0271. The maximum Gasteiger partial charge on any atom is 0.246 e. The fourth-order valence-corrected chi connectivity index (χ4v) is 2.82. The fraction of sp³-hybridized carbons (Fsp3) is 0.174. The topological polar surface area (TPSA) is 41.6 Å². The lowest BCUT2D eigenvalue weighted by Gasteiger charge is -2.21. The lowest BCUT2D eigenvalue weighted by atomic mass is 10.2. The summed E-state index contributed by atoms with van der Waals surface area (Å²) in [4.78, 5) is 14.3. The highest BCUT2D eigenvalue weighted by Gasteiger charge is 2.13. The van der Waals surface area contributed by atoms with E-state index in [-0.39, 0.29) is 12.5 Å². The van der Waals surface area contributed by atoms with Crippen LogP contribution in [0.15, 0.2) is 84.9 Å². The van der Waals surface area contributed by atoms with Crippen LogP contribution in [0, 0.1) is 0 Å². The number of ether oxygens (including phenoxy) is 1. The quantitative estimate of drug-likeness (QED) is 0.631. The zero-order valence-electron chi connectivity index (χ0n) is 15.5. The standard InChI is InChI=1S/C23H24N2O2/c1-2-25(21-13-7-4-8-14-21)23(26)17-24-20-12-9-15-22(16-20)27-18-19-10-5-3-6-11-19/h3-16,24H,2,17-18H2,1H3. The van der Waals surface area contributed by atoms with Gasteiger partial charge in [-0.3, -0.25) is 4.79 Å². The molecule has 0 aliphatic carbocycles. The molecule has 138 valence electrons. The zero-order valence-corrected chi connectivity index (χ0v) is 15.5. The molecule has 3 aromatic rings. The number of carbonyl (C=O) groups is 1. The molecule has 0 unspecified atom stereocenters. The Balaban J connectivity index is 1.57. The Morgan fingerprint density at radius 1 is 0.926 bits per heavy atom. The summed E-state index contributed by atoms with van der Waals surface area (Å²) in [6, 6.07) is 27.4. The number of hydrogen-bond acceptors (Lipinski definition) is 3. The Labute approximate surface area is 160 Å². The van der Waals surface area contributed by atoms with Crippen molar-refractivity contribution in [3.8, 4) is 5.75 Å². The van der Waals surface area contributed by atoms with E-state index in [0.29, 0.717) is 13.2 Å². The average molecular weight is 360 g/mol. The molecule has 0 radical (unpaired) electrons. The smallest absolute Gasteiger partial charge is 0.246 e. The van der Waals surface area contributed by atoms with E-state index < -0.39 is 0 Å². The average Bonchev–Trinajstić information content (AvgIpc) is 2.73. The molecule has 0 bridgehead atoms. The number of carbonyl (C=O) groups excluding carboxylic acids is 1. The van der Waals surface area contributed by atoms with Crippen LogP contribution >= 0.6 is 0 Å². The lowest BCUT2D eigenvalue weighted by Crippen LogP contribution is -2.35. The van der Waals surface area contributed by atoms with Crippen LogP contribution in [0.5, 0.6) is 5.75 Å². The van der Waals surface area contributed by atoms with E-state index in [1.165, 1.54) is 0 Å². The molecule has 0 aliphatic heterocycles. The van der Waals surface area contributed by atoms with Crippen molar-refractivity contribution in [1.29, 1.82) is 0 Å². The molecule has 0 aromatic heterocycles. The molecule has 4 nitrogen and oxygen atoms in total. The van der Waals surface area contributed by atoms with E-state index in [1.807, 2.05) is 91.9 Å². The summed E-state index contributed by atoms with van der Waals surface area (Å²) in [7, 11) is 0. The first-order valence-electron chi connectivity index (χ1n) is 9.12. The summed E-state index contributed by atoms with van der Waals surface area (Å²) in [5.41, 5.74) is 2.89. The van der Waals surface area contributed by atoms with Crippen LogP contribution in [0.3, 0.4) is 0 Å². The molecular weight excluding hydrogens is 336 g/mol. The monoisotopic (exact) mass is 360 g/mol. The molecule has 3 rings (SSSR count). The maximum atomic E-state index is 12.6. The molecule has 0 fully saturated rings. The molecule has 4 heteroatoms. The summed E-state index contributed by atoms with van der Waals surface area (Å²) in [6.45, 7) is 3.35. The van der Waals surface area contributed by atoms with Gasteiger partial charge in [0, 0.05) is 24.0 Å². The van der Waals surface area contributed by atoms with Crippen LogP contribution in [-0.4, -0.2) is 19.0 Å². The van der Waals surface area contributed by atoms with Gasteiger partial charge < -0.3 is 15.0 Å². The molecule has 3 aromatic carbocycles. The van der Waals surface area contributed by atoms with Crippen molar-refractivity contribution in [3.63, 3.8) is 0 Å². The van der Waals surface area contributed by atoms with Crippen molar-refractivity contribution in [2.75, 3.05) is 23.3 Å². The molecule has 0 atom stereocenters. The van der Waals surface area contributed by atoms with Crippen molar-refractivity contribution >= 4 is 17.3 Å². The highest BCUT2D eigenvalue weighted by molar-refractivity contribution is 5.96. The van der Waals surface area contributed by atoms with Crippen LogP contribution in [0.2, 0.25) is 0 Å². The highest BCUT2D eigenvalue weighted by atomic mass is 16.5. The first-order valence-corrected chi connectivity index (χ1v) is 9.12. The molecule has 0 aliphatic rings. The van der Waals surface area contributed by atoms with E-state index in [2.05, 4.69) is 5.32 Å².